The third-order valence-corrected chi connectivity index (χ3v) is 3.10. The Morgan fingerprint density at radius 1 is 0.955 bits per heavy atom. The van der Waals surface area contributed by atoms with Gasteiger partial charge in [0.2, 0.25) is 0 Å². The average Bonchev–Trinajstić information content (AvgIpc) is 2.32. The van der Waals surface area contributed by atoms with Gasteiger partial charge >= 0.3 is 11.9 Å². The molecule has 7 heteroatoms. The molecule has 0 bridgehead atoms. The highest BCUT2D eigenvalue weighted by molar-refractivity contribution is 5.69. The standard InChI is InChI=1S/C15H22N2O5/c1-10-4-11(6-16(2)8-13(18)19)15(22)12(5-10)7-17(3)9-14(20)21/h4-5,22H,6-9H2,1-3H3,(H,18,19)(H,20,21). The monoisotopic (exact) mass is 310 g/mol. The van der Waals surface area contributed by atoms with E-state index in [9.17, 15) is 14.7 Å². The third kappa shape index (κ3) is 5.71. The van der Waals surface area contributed by atoms with E-state index in [1.165, 1.54) is 0 Å². The summed E-state index contributed by atoms with van der Waals surface area (Å²) in [5, 5.41) is 27.9. The molecule has 7 nitrogen and oxygen atoms in total. The van der Waals surface area contributed by atoms with Crippen LogP contribution in [-0.2, 0) is 22.7 Å². The van der Waals surface area contributed by atoms with Crippen molar-refractivity contribution in [2.24, 2.45) is 0 Å². The second-order valence-electron chi connectivity index (χ2n) is 5.56. The van der Waals surface area contributed by atoms with E-state index in [-0.39, 0.29) is 18.8 Å². The molecule has 0 aliphatic heterocycles. The van der Waals surface area contributed by atoms with Gasteiger partial charge in [-0.3, -0.25) is 19.4 Å². The predicted molar refractivity (Wildman–Crippen MR) is 80.8 cm³/mol. The van der Waals surface area contributed by atoms with Gasteiger partial charge in [-0.25, -0.2) is 0 Å². The molecule has 1 rings (SSSR count). The zero-order valence-corrected chi connectivity index (χ0v) is 13.0. The van der Waals surface area contributed by atoms with E-state index in [1.807, 2.05) is 6.92 Å². The van der Waals surface area contributed by atoms with Crippen LogP contribution in [0, 0.1) is 6.92 Å². The van der Waals surface area contributed by atoms with E-state index in [2.05, 4.69) is 0 Å². The highest BCUT2D eigenvalue weighted by atomic mass is 16.4. The summed E-state index contributed by atoms with van der Waals surface area (Å²) in [6.45, 7) is 2.23. The number of carboxylic acids is 2. The lowest BCUT2D eigenvalue weighted by Crippen LogP contribution is -2.26. The molecule has 0 saturated carbocycles. The van der Waals surface area contributed by atoms with E-state index in [0.717, 1.165) is 5.56 Å². The van der Waals surface area contributed by atoms with Crippen LogP contribution in [-0.4, -0.2) is 64.2 Å². The Kier molecular flexibility index (Phi) is 6.33. The maximum absolute atomic E-state index is 10.7. The molecule has 0 radical (unpaired) electrons. The van der Waals surface area contributed by atoms with Crippen LogP contribution in [0.4, 0.5) is 0 Å². The Bertz CT molecular complexity index is 514. The van der Waals surface area contributed by atoms with Crippen molar-refractivity contribution in [3.63, 3.8) is 0 Å². The minimum atomic E-state index is -0.934. The Morgan fingerprint density at radius 3 is 1.64 bits per heavy atom. The normalized spacial score (nSPS) is 11.1. The van der Waals surface area contributed by atoms with E-state index in [0.29, 0.717) is 24.2 Å². The van der Waals surface area contributed by atoms with Crippen LogP contribution < -0.4 is 0 Å². The van der Waals surface area contributed by atoms with Crippen LogP contribution in [0.15, 0.2) is 12.1 Å². The van der Waals surface area contributed by atoms with E-state index < -0.39 is 11.9 Å². The largest absolute Gasteiger partial charge is 0.507 e. The third-order valence-electron chi connectivity index (χ3n) is 3.10. The molecular weight excluding hydrogens is 288 g/mol. The summed E-state index contributed by atoms with van der Waals surface area (Å²) in [4.78, 5) is 24.6. The molecule has 0 fully saturated rings. The zero-order valence-electron chi connectivity index (χ0n) is 13.0. The van der Waals surface area contributed by atoms with Gasteiger partial charge in [-0.15, -0.1) is 0 Å². The maximum Gasteiger partial charge on any atom is 0.317 e. The Balaban J connectivity index is 2.92. The lowest BCUT2D eigenvalue weighted by atomic mass is 10.0. The van der Waals surface area contributed by atoms with Gasteiger partial charge in [0.05, 0.1) is 13.1 Å². The summed E-state index contributed by atoms with van der Waals surface area (Å²) in [6.07, 6.45) is 0. The summed E-state index contributed by atoms with van der Waals surface area (Å²) in [6, 6.07) is 3.60. The first-order chi connectivity index (χ1) is 10.2. The minimum absolute atomic E-state index is 0.0834. The van der Waals surface area contributed by atoms with Gasteiger partial charge in [-0.2, -0.15) is 0 Å². The van der Waals surface area contributed by atoms with Crippen LogP contribution in [0.3, 0.4) is 0 Å². The van der Waals surface area contributed by atoms with Gasteiger partial charge in [0, 0.05) is 24.2 Å². The molecule has 0 amide bonds. The molecule has 0 spiro atoms. The van der Waals surface area contributed by atoms with E-state index in [4.69, 9.17) is 10.2 Å². The fourth-order valence-electron chi connectivity index (χ4n) is 2.33. The summed E-state index contributed by atoms with van der Waals surface area (Å²) < 4.78 is 0. The first kappa shape index (κ1) is 17.9. The molecule has 1 aromatic carbocycles. The quantitative estimate of drug-likeness (QED) is 0.650. The Morgan fingerprint density at radius 2 is 1.32 bits per heavy atom. The molecule has 0 aliphatic rings. The number of aryl methyl sites for hydroxylation is 1. The first-order valence-electron chi connectivity index (χ1n) is 6.81. The molecule has 3 N–H and O–H groups in total. The predicted octanol–water partition coefficient (Wildman–Crippen LogP) is 0.733. The van der Waals surface area contributed by atoms with Crippen molar-refractivity contribution in [1.82, 2.24) is 9.80 Å². The summed E-state index contributed by atoms with van der Waals surface area (Å²) >= 11 is 0. The molecule has 0 unspecified atom stereocenters. The van der Waals surface area contributed by atoms with Crippen molar-refractivity contribution in [3.05, 3.63) is 28.8 Å². The number of carboxylic acid groups (broad SMARTS) is 2. The second kappa shape index (κ2) is 7.77. The highest BCUT2D eigenvalue weighted by Gasteiger charge is 2.14. The fourth-order valence-corrected chi connectivity index (χ4v) is 2.33. The van der Waals surface area contributed by atoms with Crippen molar-refractivity contribution >= 4 is 11.9 Å². The number of phenols is 1. The van der Waals surface area contributed by atoms with Crippen molar-refractivity contribution in [1.29, 1.82) is 0 Å². The van der Waals surface area contributed by atoms with Gasteiger partial charge in [0.1, 0.15) is 5.75 Å². The van der Waals surface area contributed by atoms with Crippen molar-refractivity contribution in [2.75, 3.05) is 27.2 Å². The number of aliphatic carboxylic acids is 2. The minimum Gasteiger partial charge on any atom is -0.507 e. The molecule has 0 aromatic heterocycles. The molecule has 1 aromatic rings. The number of nitrogens with zero attached hydrogens (tertiary/aromatic N) is 2. The van der Waals surface area contributed by atoms with Crippen LogP contribution in [0.1, 0.15) is 16.7 Å². The zero-order chi connectivity index (χ0) is 16.9. The molecular formula is C15H22N2O5. The number of phenolic OH excluding ortho intramolecular Hbond substituents is 1. The molecule has 0 aliphatic carbocycles. The number of hydrogen-bond donors (Lipinski definition) is 3. The van der Waals surface area contributed by atoms with Gasteiger partial charge < -0.3 is 15.3 Å². The van der Waals surface area contributed by atoms with Gasteiger partial charge in [-0.05, 0) is 21.0 Å². The SMILES string of the molecule is Cc1cc(CN(C)CC(=O)O)c(O)c(CN(C)CC(=O)O)c1. The fraction of sp³-hybridized carbons (Fsp3) is 0.467. The van der Waals surface area contributed by atoms with Crippen molar-refractivity contribution in [3.8, 4) is 5.75 Å². The van der Waals surface area contributed by atoms with E-state index >= 15 is 0 Å². The maximum atomic E-state index is 10.7. The smallest absolute Gasteiger partial charge is 0.317 e. The van der Waals surface area contributed by atoms with Gasteiger partial charge in [-0.1, -0.05) is 17.7 Å². The second-order valence-corrected chi connectivity index (χ2v) is 5.56. The number of benzene rings is 1. The first-order valence-corrected chi connectivity index (χ1v) is 6.81. The van der Waals surface area contributed by atoms with E-state index in [1.54, 1.807) is 36.0 Å². The molecule has 0 saturated heterocycles. The number of likely N-dealkylation sites (N-methyl/N-ethyl adjacent to an activating group) is 2. The van der Waals surface area contributed by atoms with Gasteiger partial charge in [0.25, 0.3) is 0 Å². The number of rotatable bonds is 8. The van der Waals surface area contributed by atoms with Crippen LogP contribution in [0.5, 0.6) is 5.75 Å². The average molecular weight is 310 g/mol. The summed E-state index contributed by atoms with van der Waals surface area (Å²) in [7, 11) is 3.32. The Hall–Kier alpha value is -2.12. The summed E-state index contributed by atoms with van der Waals surface area (Å²) in [5.41, 5.74) is 2.18. The van der Waals surface area contributed by atoms with Crippen LogP contribution >= 0.6 is 0 Å². The molecule has 122 valence electrons. The molecule has 0 atom stereocenters. The Labute approximate surface area is 129 Å². The lowest BCUT2D eigenvalue weighted by molar-refractivity contribution is -0.139. The molecule has 0 heterocycles. The summed E-state index contributed by atoms with van der Waals surface area (Å²) in [5.74, 6) is -1.79. The van der Waals surface area contributed by atoms with Crippen molar-refractivity contribution in [2.45, 2.75) is 20.0 Å². The van der Waals surface area contributed by atoms with Crippen LogP contribution in [0.2, 0.25) is 0 Å². The van der Waals surface area contributed by atoms with Crippen LogP contribution in [0.25, 0.3) is 0 Å². The van der Waals surface area contributed by atoms with Crippen molar-refractivity contribution < 1.29 is 24.9 Å². The molecule has 22 heavy (non-hydrogen) atoms. The lowest BCUT2D eigenvalue weighted by Gasteiger charge is -2.20. The highest BCUT2D eigenvalue weighted by Crippen LogP contribution is 2.26. The number of hydrogen-bond acceptors (Lipinski definition) is 5. The van der Waals surface area contributed by atoms with Gasteiger partial charge in [0.15, 0.2) is 0 Å². The number of carbonyl (C=O) groups is 2. The topological polar surface area (TPSA) is 101 Å². The number of aromatic hydroxyl groups is 1.